The van der Waals surface area contributed by atoms with Crippen LogP contribution in [0.5, 0.6) is 0 Å². The zero-order valence-corrected chi connectivity index (χ0v) is 12.3. The van der Waals surface area contributed by atoms with Crippen LogP contribution in [-0.2, 0) is 16.1 Å². The minimum absolute atomic E-state index is 0.146. The highest BCUT2D eigenvalue weighted by Crippen LogP contribution is 2.24. The first-order valence-corrected chi connectivity index (χ1v) is 7.75. The molecule has 1 aromatic heterocycles. The van der Waals surface area contributed by atoms with Gasteiger partial charge in [0, 0.05) is 25.2 Å². The van der Waals surface area contributed by atoms with Crippen molar-refractivity contribution >= 4 is 11.7 Å². The predicted molar refractivity (Wildman–Crippen MR) is 78.9 cm³/mol. The van der Waals surface area contributed by atoms with Crippen LogP contribution < -0.4 is 10.2 Å². The molecular weight excluding hydrogens is 268 g/mol. The number of nitrogens with zero attached hydrogens (tertiary/aromatic N) is 3. The van der Waals surface area contributed by atoms with Gasteiger partial charge in [-0.25, -0.2) is 9.97 Å². The maximum atomic E-state index is 12.0. The third-order valence-corrected chi connectivity index (χ3v) is 4.17. The minimum Gasteiger partial charge on any atom is -0.378 e. The summed E-state index contributed by atoms with van der Waals surface area (Å²) in [4.78, 5) is 23.0. The van der Waals surface area contributed by atoms with E-state index in [4.69, 9.17) is 4.74 Å². The summed E-state index contributed by atoms with van der Waals surface area (Å²) in [5.41, 5.74) is 0. The molecule has 0 radical (unpaired) electrons. The predicted octanol–water partition coefficient (Wildman–Crippen LogP) is 1.12. The molecule has 1 aliphatic heterocycles. The lowest BCUT2D eigenvalue weighted by Crippen LogP contribution is -2.37. The molecule has 1 saturated carbocycles. The Hall–Kier alpha value is -1.69. The number of nitrogens with one attached hydrogen (secondary N) is 1. The van der Waals surface area contributed by atoms with Gasteiger partial charge in [-0.2, -0.15) is 0 Å². The van der Waals surface area contributed by atoms with E-state index in [0.717, 1.165) is 45.0 Å². The highest BCUT2D eigenvalue weighted by Gasteiger charge is 2.22. The van der Waals surface area contributed by atoms with E-state index in [1.165, 1.54) is 12.8 Å². The molecule has 3 rings (SSSR count). The van der Waals surface area contributed by atoms with Gasteiger partial charge in [-0.1, -0.05) is 12.8 Å². The van der Waals surface area contributed by atoms with Crippen LogP contribution in [0.3, 0.4) is 0 Å². The molecule has 0 atom stereocenters. The molecule has 2 fully saturated rings. The van der Waals surface area contributed by atoms with Crippen LogP contribution in [0.25, 0.3) is 0 Å². The van der Waals surface area contributed by atoms with Crippen molar-refractivity contribution in [3.8, 4) is 0 Å². The zero-order valence-electron chi connectivity index (χ0n) is 12.3. The largest absolute Gasteiger partial charge is 0.378 e. The van der Waals surface area contributed by atoms with Gasteiger partial charge in [0.2, 0.25) is 5.91 Å². The second-order valence-electron chi connectivity index (χ2n) is 5.63. The lowest BCUT2D eigenvalue weighted by Gasteiger charge is -2.27. The Bertz CT molecular complexity index is 482. The van der Waals surface area contributed by atoms with Gasteiger partial charge >= 0.3 is 0 Å². The first-order valence-electron chi connectivity index (χ1n) is 7.75. The van der Waals surface area contributed by atoms with Gasteiger partial charge < -0.3 is 15.0 Å². The van der Waals surface area contributed by atoms with Gasteiger partial charge in [-0.3, -0.25) is 4.79 Å². The number of hydrogen-bond donors (Lipinski definition) is 1. The van der Waals surface area contributed by atoms with Crippen molar-refractivity contribution in [3.05, 3.63) is 18.1 Å². The van der Waals surface area contributed by atoms with Crippen molar-refractivity contribution in [2.24, 2.45) is 5.92 Å². The van der Waals surface area contributed by atoms with Crippen molar-refractivity contribution in [2.75, 3.05) is 31.2 Å². The molecule has 114 valence electrons. The molecule has 2 heterocycles. The van der Waals surface area contributed by atoms with Crippen LogP contribution >= 0.6 is 0 Å². The van der Waals surface area contributed by atoms with E-state index in [1.54, 1.807) is 6.20 Å². The molecule has 0 unspecified atom stereocenters. The van der Waals surface area contributed by atoms with E-state index in [1.807, 2.05) is 6.07 Å². The molecule has 2 aliphatic rings. The lowest BCUT2D eigenvalue weighted by atomic mass is 10.1. The number of carbonyl (C=O) groups is 1. The van der Waals surface area contributed by atoms with E-state index in [0.29, 0.717) is 12.4 Å². The second-order valence-corrected chi connectivity index (χ2v) is 5.63. The average molecular weight is 290 g/mol. The van der Waals surface area contributed by atoms with Crippen LogP contribution in [0.2, 0.25) is 0 Å². The molecule has 6 heteroatoms. The van der Waals surface area contributed by atoms with E-state index >= 15 is 0 Å². The van der Waals surface area contributed by atoms with E-state index in [2.05, 4.69) is 20.2 Å². The van der Waals surface area contributed by atoms with E-state index in [-0.39, 0.29) is 11.8 Å². The third-order valence-electron chi connectivity index (χ3n) is 4.17. The van der Waals surface area contributed by atoms with Crippen molar-refractivity contribution in [3.63, 3.8) is 0 Å². The topological polar surface area (TPSA) is 67.4 Å². The van der Waals surface area contributed by atoms with Gasteiger partial charge in [0.05, 0.1) is 19.8 Å². The normalized spacial score (nSPS) is 19.7. The molecule has 0 bridgehead atoms. The number of ether oxygens (including phenoxy) is 1. The second kappa shape index (κ2) is 6.85. The minimum atomic E-state index is 0.146. The molecular formula is C15H22N4O2. The van der Waals surface area contributed by atoms with Crippen LogP contribution in [0.4, 0.5) is 5.82 Å². The number of amides is 1. The maximum absolute atomic E-state index is 12.0. The Kier molecular flexibility index (Phi) is 4.65. The Morgan fingerprint density at radius 3 is 2.86 bits per heavy atom. The lowest BCUT2D eigenvalue weighted by molar-refractivity contribution is -0.125. The van der Waals surface area contributed by atoms with Gasteiger partial charge in [-0.05, 0) is 18.9 Å². The number of aromatic nitrogens is 2. The quantitative estimate of drug-likeness (QED) is 0.900. The fraction of sp³-hybridized carbons (Fsp3) is 0.667. The van der Waals surface area contributed by atoms with Crippen LogP contribution in [-0.4, -0.2) is 42.2 Å². The van der Waals surface area contributed by atoms with Gasteiger partial charge in [0.1, 0.15) is 11.6 Å². The summed E-state index contributed by atoms with van der Waals surface area (Å²) < 4.78 is 5.35. The monoisotopic (exact) mass is 290 g/mol. The number of rotatable bonds is 4. The molecule has 0 aromatic carbocycles. The summed E-state index contributed by atoms with van der Waals surface area (Å²) in [6.07, 6.45) is 6.12. The van der Waals surface area contributed by atoms with E-state index < -0.39 is 0 Å². The standard InChI is InChI=1S/C15H22N4O2/c20-15(12-3-1-2-4-12)17-11-13-16-6-5-14(18-13)19-7-9-21-10-8-19/h5-6,12H,1-4,7-11H2,(H,17,20). The summed E-state index contributed by atoms with van der Waals surface area (Å²) in [5.74, 6) is 1.92. The summed E-state index contributed by atoms with van der Waals surface area (Å²) in [6.45, 7) is 3.58. The molecule has 1 N–H and O–H groups in total. The summed E-state index contributed by atoms with van der Waals surface area (Å²) in [7, 11) is 0. The Morgan fingerprint density at radius 2 is 2.10 bits per heavy atom. The summed E-state index contributed by atoms with van der Waals surface area (Å²) in [5, 5.41) is 2.96. The van der Waals surface area contributed by atoms with Crippen molar-refractivity contribution in [1.82, 2.24) is 15.3 Å². The number of carbonyl (C=O) groups excluding carboxylic acids is 1. The summed E-state index contributed by atoms with van der Waals surface area (Å²) >= 11 is 0. The third kappa shape index (κ3) is 3.69. The molecule has 1 amide bonds. The molecule has 6 nitrogen and oxygen atoms in total. The van der Waals surface area contributed by atoms with Gasteiger partial charge in [-0.15, -0.1) is 0 Å². The smallest absolute Gasteiger partial charge is 0.223 e. The highest BCUT2D eigenvalue weighted by atomic mass is 16.5. The SMILES string of the molecule is O=C(NCc1nccc(N2CCOCC2)n1)C1CCCC1. The number of anilines is 1. The molecule has 1 saturated heterocycles. The maximum Gasteiger partial charge on any atom is 0.223 e. The first kappa shape index (κ1) is 14.3. The number of hydrogen-bond acceptors (Lipinski definition) is 5. The van der Waals surface area contributed by atoms with Crippen LogP contribution in [0.15, 0.2) is 12.3 Å². The van der Waals surface area contributed by atoms with Gasteiger partial charge in [0.15, 0.2) is 0 Å². The van der Waals surface area contributed by atoms with Gasteiger partial charge in [0.25, 0.3) is 0 Å². The van der Waals surface area contributed by atoms with Crippen molar-refractivity contribution in [2.45, 2.75) is 32.2 Å². The average Bonchev–Trinajstić information content (AvgIpc) is 3.08. The Morgan fingerprint density at radius 1 is 1.33 bits per heavy atom. The molecule has 1 aliphatic carbocycles. The fourth-order valence-electron chi connectivity index (χ4n) is 2.94. The van der Waals surface area contributed by atoms with Crippen LogP contribution in [0, 0.1) is 5.92 Å². The fourth-order valence-corrected chi connectivity index (χ4v) is 2.94. The van der Waals surface area contributed by atoms with Crippen molar-refractivity contribution < 1.29 is 9.53 Å². The van der Waals surface area contributed by atoms with Crippen molar-refractivity contribution in [1.29, 1.82) is 0 Å². The number of morpholine rings is 1. The highest BCUT2D eigenvalue weighted by molar-refractivity contribution is 5.78. The molecule has 21 heavy (non-hydrogen) atoms. The molecule has 1 aromatic rings. The Labute approximate surface area is 124 Å². The first-order chi connectivity index (χ1) is 10.3. The van der Waals surface area contributed by atoms with Crippen LogP contribution in [0.1, 0.15) is 31.5 Å². The zero-order chi connectivity index (χ0) is 14.5. The summed E-state index contributed by atoms with van der Waals surface area (Å²) in [6, 6.07) is 1.91. The molecule has 0 spiro atoms. The Balaban J connectivity index is 1.56. The van der Waals surface area contributed by atoms with E-state index in [9.17, 15) is 4.79 Å².